The third-order valence-electron chi connectivity index (χ3n) is 2.46. The SMILES string of the molecule is CCc1scnc1-c1cc(C)cc(C)c1. The van der Waals surface area contributed by atoms with E-state index < -0.39 is 0 Å². The van der Waals surface area contributed by atoms with E-state index >= 15 is 0 Å². The number of nitrogens with zero attached hydrogens (tertiary/aromatic N) is 1. The summed E-state index contributed by atoms with van der Waals surface area (Å²) in [4.78, 5) is 5.83. The molecule has 0 amide bonds. The monoisotopic (exact) mass is 217 g/mol. The largest absolute Gasteiger partial charge is 0.244 e. The van der Waals surface area contributed by atoms with Gasteiger partial charge in [-0.1, -0.05) is 24.1 Å². The molecule has 0 aliphatic heterocycles. The fraction of sp³-hybridized carbons (Fsp3) is 0.308. The molecule has 15 heavy (non-hydrogen) atoms. The predicted molar refractivity (Wildman–Crippen MR) is 66.4 cm³/mol. The van der Waals surface area contributed by atoms with E-state index in [0.29, 0.717) is 0 Å². The van der Waals surface area contributed by atoms with Crippen molar-refractivity contribution in [3.63, 3.8) is 0 Å². The van der Waals surface area contributed by atoms with Crippen LogP contribution in [0.15, 0.2) is 23.7 Å². The van der Waals surface area contributed by atoms with Crippen LogP contribution >= 0.6 is 11.3 Å². The van der Waals surface area contributed by atoms with Crippen LogP contribution in [0.1, 0.15) is 22.9 Å². The van der Waals surface area contributed by atoms with Gasteiger partial charge in [0.15, 0.2) is 0 Å². The zero-order valence-electron chi connectivity index (χ0n) is 9.37. The second-order valence-corrected chi connectivity index (χ2v) is 4.79. The molecule has 1 aromatic carbocycles. The van der Waals surface area contributed by atoms with Crippen LogP contribution in [-0.2, 0) is 6.42 Å². The fourth-order valence-electron chi connectivity index (χ4n) is 1.87. The maximum Gasteiger partial charge on any atom is 0.0843 e. The summed E-state index contributed by atoms with van der Waals surface area (Å²) in [5.41, 5.74) is 6.96. The Morgan fingerprint density at radius 2 is 1.80 bits per heavy atom. The molecule has 1 aromatic heterocycles. The van der Waals surface area contributed by atoms with Gasteiger partial charge in [0.05, 0.1) is 11.2 Å². The lowest BCUT2D eigenvalue weighted by molar-refractivity contribution is 1.17. The zero-order chi connectivity index (χ0) is 10.8. The van der Waals surface area contributed by atoms with E-state index in [-0.39, 0.29) is 0 Å². The molecule has 1 nitrogen and oxygen atoms in total. The molecule has 0 spiro atoms. The maximum atomic E-state index is 4.46. The van der Waals surface area contributed by atoms with Crippen LogP contribution in [0.2, 0.25) is 0 Å². The van der Waals surface area contributed by atoms with Crippen molar-refractivity contribution in [1.29, 1.82) is 0 Å². The Morgan fingerprint density at radius 1 is 1.13 bits per heavy atom. The number of rotatable bonds is 2. The molecule has 0 aliphatic carbocycles. The molecular weight excluding hydrogens is 202 g/mol. The van der Waals surface area contributed by atoms with E-state index in [4.69, 9.17) is 0 Å². The molecule has 0 saturated carbocycles. The van der Waals surface area contributed by atoms with Crippen LogP contribution in [0.3, 0.4) is 0 Å². The summed E-state index contributed by atoms with van der Waals surface area (Å²) in [6.45, 7) is 6.45. The molecule has 78 valence electrons. The third-order valence-corrected chi connectivity index (χ3v) is 3.43. The first-order chi connectivity index (χ1) is 7.20. The normalized spacial score (nSPS) is 10.6. The van der Waals surface area contributed by atoms with E-state index in [0.717, 1.165) is 12.1 Å². The maximum absolute atomic E-state index is 4.46. The standard InChI is InChI=1S/C13H15NS/c1-4-12-13(14-8-15-12)11-6-9(2)5-10(3)7-11/h5-8H,4H2,1-3H3. The molecule has 0 bridgehead atoms. The quantitative estimate of drug-likeness (QED) is 0.741. The fourth-order valence-corrected chi connectivity index (χ4v) is 2.60. The molecule has 0 atom stereocenters. The highest BCUT2D eigenvalue weighted by molar-refractivity contribution is 7.10. The first kappa shape index (κ1) is 10.4. The van der Waals surface area contributed by atoms with Crippen molar-refractivity contribution in [2.75, 3.05) is 0 Å². The first-order valence-electron chi connectivity index (χ1n) is 5.21. The number of benzene rings is 1. The molecule has 1 heterocycles. The van der Waals surface area contributed by atoms with Gasteiger partial charge in [-0.05, 0) is 32.4 Å². The molecule has 0 N–H and O–H groups in total. The van der Waals surface area contributed by atoms with E-state index in [1.807, 2.05) is 5.51 Å². The summed E-state index contributed by atoms with van der Waals surface area (Å²) in [6.07, 6.45) is 1.06. The van der Waals surface area contributed by atoms with Crippen molar-refractivity contribution >= 4 is 11.3 Å². The molecule has 0 aliphatic rings. The average molecular weight is 217 g/mol. The molecule has 0 saturated heterocycles. The predicted octanol–water partition coefficient (Wildman–Crippen LogP) is 3.99. The van der Waals surface area contributed by atoms with Crippen LogP contribution in [0.5, 0.6) is 0 Å². The highest BCUT2D eigenvalue weighted by Gasteiger charge is 2.07. The van der Waals surface area contributed by atoms with Crippen molar-refractivity contribution in [3.05, 3.63) is 39.7 Å². The lowest BCUT2D eigenvalue weighted by Crippen LogP contribution is -1.86. The minimum Gasteiger partial charge on any atom is -0.244 e. The van der Waals surface area contributed by atoms with Crippen LogP contribution in [0.25, 0.3) is 11.3 Å². The summed E-state index contributed by atoms with van der Waals surface area (Å²) in [7, 11) is 0. The van der Waals surface area contributed by atoms with E-state index in [1.54, 1.807) is 11.3 Å². The van der Waals surface area contributed by atoms with E-state index in [2.05, 4.69) is 44.0 Å². The Bertz CT molecular complexity index is 451. The molecule has 0 fully saturated rings. The van der Waals surface area contributed by atoms with Gasteiger partial charge < -0.3 is 0 Å². The minimum absolute atomic E-state index is 1.06. The van der Waals surface area contributed by atoms with Gasteiger partial charge in [0, 0.05) is 10.4 Å². The van der Waals surface area contributed by atoms with Gasteiger partial charge in [0.2, 0.25) is 0 Å². The van der Waals surface area contributed by atoms with Gasteiger partial charge in [-0.15, -0.1) is 11.3 Å². The van der Waals surface area contributed by atoms with Crippen LogP contribution in [0, 0.1) is 13.8 Å². The van der Waals surface area contributed by atoms with Crippen molar-refractivity contribution in [2.24, 2.45) is 0 Å². The first-order valence-corrected chi connectivity index (χ1v) is 6.09. The number of hydrogen-bond acceptors (Lipinski definition) is 2. The number of thiazole rings is 1. The second-order valence-electron chi connectivity index (χ2n) is 3.85. The molecule has 2 heteroatoms. The summed E-state index contributed by atoms with van der Waals surface area (Å²) < 4.78 is 0. The summed E-state index contributed by atoms with van der Waals surface area (Å²) in [5.74, 6) is 0. The van der Waals surface area contributed by atoms with Crippen LogP contribution in [0.4, 0.5) is 0 Å². The van der Waals surface area contributed by atoms with Crippen molar-refractivity contribution in [3.8, 4) is 11.3 Å². The average Bonchev–Trinajstić information content (AvgIpc) is 2.63. The van der Waals surface area contributed by atoms with Gasteiger partial charge in [-0.3, -0.25) is 0 Å². The second kappa shape index (κ2) is 4.15. The molecule has 2 rings (SSSR count). The minimum atomic E-state index is 1.06. The molecule has 0 unspecified atom stereocenters. The van der Waals surface area contributed by atoms with Crippen molar-refractivity contribution in [2.45, 2.75) is 27.2 Å². The summed E-state index contributed by atoms with van der Waals surface area (Å²) in [6, 6.07) is 6.61. The number of aromatic nitrogens is 1. The molecule has 0 radical (unpaired) electrons. The molecular formula is C13H15NS. The van der Waals surface area contributed by atoms with Crippen LogP contribution < -0.4 is 0 Å². The lowest BCUT2D eigenvalue weighted by atomic mass is 10.0. The van der Waals surface area contributed by atoms with Gasteiger partial charge in [0.1, 0.15) is 0 Å². The van der Waals surface area contributed by atoms with Crippen molar-refractivity contribution in [1.82, 2.24) is 4.98 Å². The van der Waals surface area contributed by atoms with Gasteiger partial charge in [-0.25, -0.2) is 4.98 Å². The molecule has 2 aromatic rings. The Kier molecular flexibility index (Phi) is 2.87. The Labute approximate surface area is 94.8 Å². The van der Waals surface area contributed by atoms with Gasteiger partial charge in [-0.2, -0.15) is 0 Å². The topological polar surface area (TPSA) is 12.9 Å². The number of hydrogen-bond donors (Lipinski definition) is 0. The number of aryl methyl sites for hydroxylation is 3. The van der Waals surface area contributed by atoms with E-state index in [1.165, 1.54) is 21.6 Å². The zero-order valence-corrected chi connectivity index (χ0v) is 10.2. The Morgan fingerprint density at radius 3 is 2.40 bits per heavy atom. The van der Waals surface area contributed by atoms with Gasteiger partial charge in [0.25, 0.3) is 0 Å². The van der Waals surface area contributed by atoms with E-state index in [9.17, 15) is 0 Å². The third kappa shape index (κ3) is 2.10. The van der Waals surface area contributed by atoms with Gasteiger partial charge >= 0.3 is 0 Å². The highest BCUT2D eigenvalue weighted by atomic mass is 32.1. The lowest BCUT2D eigenvalue weighted by Gasteiger charge is -2.04. The Balaban J connectivity index is 2.53. The summed E-state index contributed by atoms with van der Waals surface area (Å²) >= 11 is 1.74. The summed E-state index contributed by atoms with van der Waals surface area (Å²) in [5, 5.41) is 0. The Hall–Kier alpha value is -1.15. The van der Waals surface area contributed by atoms with Crippen LogP contribution in [-0.4, -0.2) is 4.98 Å². The smallest absolute Gasteiger partial charge is 0.0843 e. The van der Waals surface area contributed by atoms with Crippen molar-refractivity contribution < 1.29 is 0 Å². The highest BCUT2D eigenvalue weighted by Crippen LogP contribution is 2.27.